The first-order valence-corrected chi connectivity index (χ1v) is 10.3. The molecule has 0 unspecified atom stereocenters. The smallest absolute Gasteiger partial charge is 0.273 e. The van der Waals surface area contributed by atoms with Crippen molar-refractivity contribution in [1.82, 2.24) is 24.7 Å². The second kappa shape index (κ2) is 8.83. The van der Waals surface area contributed by atoms with E-state index in [1.807, 2.05) is 54.6 Å². The third-order valence-corrected chi connectivity index (χ3v) is 5.10. The Morgan fingerprint density at radius 2 is 1.88 bits per heavy atom. The molecule has 0 aliphatic heterocycles. The summed E-state index contributed by atoms with van der Waals surface area (Å²) in [7, 11) is 1.76. The van der Waals surface area contributed by atoms with Gasteiger partial charge in [0.05, 0.1) is 11.6 Å². The zero-order valence-corrected chi connectivity index (χ0v) is 17.8. The van der Waals surface area contributed by atoms with Crippen LogP contribution in [-0.4, -0.2) is 30.6 Å². The summed E-state index contributed by atoms with van der Waals surface area (Å²) in [5.74, 6) is 1.67. The van der Waals surface area contributed by atoms with Crippen LogP contribution in [0.3, 0.4) is 0 Å². The lowest BCUT2D eigenvalue weighted by molar-refractivity contribution is 0.102. The molecular formula is C24H21N7O2. The highest BCUT2D eigenvalue weighted by Crippen LogP contribution is 2.25. The zero-order chi connectivity index (χ0) is 22.6. The highest BCUT2D eigenvalue weighted by molar-refractivity contribution is 6.06. The lowest BCUT2D eigenvalue weighted by atomic mass is 10.2. The molecule has 2 aromatic carbocycles. The zero-order valence-electron chi connectivity index (χ0n) is 17.8. The fourth-order valence-electron chi connectivity index (χ4n) is 3.35. The number of aryl methyl sites for hydroxylation is 1. The Labute approximate surface area is 189 Å². The molecule has 0 aliphatic carbocycles. The quantitative estimate of drug-likeness (QED) is 0.349. The van der Waals surface area contributed by atoms with E-state index in [-0.39, 0.29) is 5.91 Å². The van der Waals surface area contributed by atoms with Crippen LogP contribution < -0.4 is 15.4 Å². The van der Waals surface area contributed by atoms with Gasteiger partial charge in [-0.1, -0.05) is 30.3 Å². The van der Waals surface area contributed by atoms with Crippen LogP contribution in [0.25, 0.3) is 11.0 Å². The van der Waals surface area contributed by atoms with Crippen molar-refractivity contribution in [3.05, 3.63) is 90.5 Å². The summed E-state index contributed by atoms with van der Waals surface area (Å²) in [4.78, 5) is 24.3. The number of nitrogens with one attached hydrogen (secondary N) is 3. The van der Waals surface area contributed by atoms with Gasteiger partial charge in [0, 0.05) is 18.8 Å². The number of fused-ring (bicyclic) bond motifs is 1. The number of hydrogen-bond acceptors (Lipinski definition) is 6. The number of ether oxygens (including phenoxy) is 1. The number of anilines is 3. The van der Waals surface area contributed by atoms with Crippen molar-refractivity contribution in [3.63, 3.8) is 0 Å². The van der Waals surface area contributed by atoms with E-state index in [1.54, 1.807) is 30.1 Å². The summed E-state index contributed by atoms with van der Waals surface area (Å²) in [6.45, 7) is 0.507. The Balaban J connectivity index is 1.29. The lowest BCUT2D eigenvalue weighted by Gasteiger charge is -2.09. The fourth-order valence-corrected chi connectivity index (χ4v) is 3.35. The normalized spacial score (nSPS) is 10.8. The third-order valence-electron chi connectivity index (χ3n) is 5.10. The first-order valence-electron chi connectivity index (χ1n) is 10.3. The van der Waals surface area contributed by atoms with E-state index >= 15 is 0 Å². The van der Waals surface area contributed by atoms with E-state index in [1.165, 1.54) is 6.33 Å². The van der Waals surface area contributed by atoms with Gasteiger partial charge in [-0.05, 0) is 35.9 Å². The van der Waals surface area contributed by atoms with Gasteiger partial charge in [0.1, 0.15) is 41.7 Å². The first-order chi connectivity index (χ1) is 16.2. The van der Waals surface area contributed by atoms with Gasteiger partial charge in [-0.2, -0.15) is 5.10 Å². The van der Waals surface area contributed by atoms with E-state index in [4.69, 9.17) is 4.74 Å². The largest absolute Gasteiger partial charge is 0.489 e. The number of hydrogen-bond donors (Lipinski definition) is 3. The van der Waals surface area contributed by atoms with E-state index in [9.17, 15) is 4.79 Å². The van der Waals surface area contributed by atoms with Crippen LogP contribution in [0.2, 0.25) is 0 Å². The number of carbonyl (C=O) groups is 1. The van der Waals surface area contributed by atoms with Crippen molar-refractivity contribution in [2.75, 3.05) is 10.6 Å². The van der Waals surface area contributed by atoms with Gasteiger partial charge in [-0.3, -0.25) is 9.48 Å². The molecule has 33 heavy (non-hydrogen) atoms. The Morgan fingerprint density at radius 1 is 1.06 bits per heavy atom. The maximum absolute atomic E-state index is 12.6. The number of H-pyrrole nitrogens is 1. The topological polar surface area (TPSA) is 110 Å². The molecule has 3 aromatic heterocycles. The van der Waals surface area contributed by atoms with E-state index in [0.29, 0.717) is 35.0 Å². The number of aromatic amines is 1. The van der Waals surface area contributed by atoms with Gasteiger partial charge in [-0.25, -0.2) is 9.97 Å². The Bertz CT molecular complexity index is 1390. The maximum atomic E-state index is 12.6. The SMILES string of the molecule is Cn1nccc1NC(=O)c1cc2c(Nc3ccc(OCc4ccccc4)cc3)ncnc2[nH]1. The summed E-state index contributed by atoms with van der Waals surface area (Å²) in [6.07, 6.45) is 3.06. The van der Waals surface area contributed by atoms with Crippen LogP contribution in [-0.2, 0) is 13.7 Å². The number of amides is 1. The van der Waals surface area contributed by atoms with Crippen LogP contribution in [0.15, 0.2) is 79.3 Å². The molecule has 0 atom stereocenters. The third kappa shape index (κ3) is 4.52. The molecule has 5 aromatic rings. The highest BCUT2D eigenvalue weighted by atomic mass is 16.5. The van der Waals surface area contributed by atoms with E-state index < -0.39 is 0 Å². The molecule has 0 aliphatic rings. The molecule has 0 bridgehead atoms. The second-order valence-corrected chi connectivity index (χ2v) is 7.39. The number of rotatable bonds is 7. The van der Waals surface area contributed by atoms with Gasteiger partial charge in [0.25, 0.3) is 5.91 Å². The molecule has 164 valence electrons. The summed E-state index contributed by atoms with van der Waals surface area (Å²) < 4.78 is 7.42. The molecule has 0 spiro atoms. The van der Waals surface area contributed by atoms with Crippen LogP contribution in [0, 0.1) is 0 Å². The van der Waals surface area contributed by atoms with E-state index in [0.717, 1.165) is 17.0 Å². The fraction of sp³-hybridized carbons (Fsp3) is 0.0833. The molecule has 9 nitrogen and oxygen atoms in total. The standard InChI is InChI=1S/C24H21N7O2/c1-31-21(11-12-27-31)30-24(32)20-13-19-22(25-15-26-23(19)29-20)28-17-7-9-18(10-8-17)33-14-16-5-3-2-4-6-16/h2-13,15H,14H2,1H3,(H,30,32)(H2,25,26,28,29). The molecule has 0 radical (unpaired) electrons. The van der Waals surface area contributed by atoms with Crippen LogP contribution in [0.4, 0.5) is 17.3 Å². The number of nitrogens with zero attached hydrogens (tertiary/aromatic N) is 4. The average molecular weight is 439 g/mol. The summed E-state index contributed by atoms with van der Waals surface area (Å²) in [5.41, 5.74) is 2.88. The van der Waals surface area contributed by atoms with Crippen molar-refractivity contribution in [1.29, 1.82) is 0 Å². The minimum absolute atomic E-state index is 0.289. The molecule has 9 heteroatoms. The minimum atomic E-state index is -0.289. The second-order valence-electron chi connectivity index (χ2n) is 7.39. The lowest BCUT2D eigenvalue weighted by Crippen LogP contribution is -2.14. The van der Waals surface area contributed by atoms with Gasteiger partial charge >= 0.3 is 0 Å². The average Bonchev–Trinajstić information content (AvgIpc) is 3.46. The monoisotopic (exact) mass is 439 g/mol. The van der Waals surface area contributed by atoms with Crippen molar-refractivity contribution >= 4 is 34.3 Å². The Hall–Kier alpha value is -4.66. The van der Waals surface area contributed by atoms with Gasteiger partial charge in [0.2, 0.25) is 0 Å². The molecule has 0 fully saturated rings. The van der Waals surface area contributed by atoms with Gasteiger partial charge in [0.15, 0.2) is 0 Å². The molecule has 3 N–H and O–H groups in total. The van der Waals surface area contributed by atoms with Gasteiger partial charge < -0.3 is 20.4 Å². The van der Waals surface area contributed by atoms with Gasteiger partial charge in [-0.15, -0.1) is 0 Å². The van der Waals surface area contributed by atoms with Crippen molar-refractivity contribution in [3.8, 4) is 5.75 Å². The molecule has 3 heterocycles. The molecule has 1 amide bonds. The number of benzene rings is 2. The Kier molecular flexibility index (Phi) is 5.42. The predicted octanol–water partition coefficient (Wildman–Crippen LogP) is 4.27. The summed E-state index contributed by atoms with van der Waals surface area (Å²) in [5, 5.41) is 10.9. The number of carbonyl (C=O) groups excluding carboxylic acids is 1. The molecule has 0 saturated carbocycles. The minimum Gasteiger partial charge on any atom is -0.489 e. The Morgan fingerprint density at radius 3 is 2.64 bits per heavy atom. The summed E-state index contributed by atoms with van der Waals surface area (Å²) >= 11 is 0. The first kappa shape index (κ1) is 20.3. The molecule has 5 rings (SSSR count). The molecular weight excluding hydrogens is 418 g/mol. The molecule has 0 saturated heterocycles. The summed E-state index contributed by atoms with van der Waals surface area (Å²) in [6, 6.07) is 21.1. The van der Waals surface area contributed by atoms with Crippen molar-refractivity contribution in [2.45, 2.75) is 6.61 Å². The van der Waals surface area contributed by atoms with Crippen LogP contribution in [0.5, 0.6) is 5.75 Å². The number of aromatic nitrogens is 5. The van der Waals surface area contributed by atoms with Crippen molar-refractivity contribution in [2.24, 2.45) is 7.05 Å². The maximum Gasteiger partial charge on any atom is 0.273 e. The van der Waals surface area contributed by atoms with Crippen molar-refractivity contribution < 1.29 is 9.53 Å². The van der Waals surface area contributed by atoms with E-state index in [2.05, 4.69) is 30.7 Å². The van der Waals surface area contributed by atoms with Crippen LogP contribution in [0.1, 0.15) is 16.1 Å². The van der Waals surface area contributed by atoms with Crippen LogP contribution >= 0.6 is 0 Å². The highest BCUT2D eigenvalue weighted by Gasteiger charge is 2.15. The predicted molar refractivity (Wildman–Crippen MR) is 126 cm³/mol.